The van der Waals surface area contributed by atoms with Gasteiger partial charge in [-0.05, 0) is 38.8 Å². The molecule has 3 rings (SSSR count). The molecule has 31 heavy (non-hydrogen) atoms. The molecule has 0 saturated heterocycles. The first-order valence-corrected chi connectivity index (χ1v) is 11.9. The highest BCUT2D eigenvalue weighted by atomic mass is 35.5. The lowest BCUT2D eigenvalue weighted by molar-refractivity contribution is 0.429. The molecule has 9 heteroatoms. The van der Waals surface area contributed by atoms with Crippen LogP contribution in [-0.4, -0.2) is 33.0 Å². The number of hydrogen-bond donors (Lipinski definition) is 0. The first kappa shape index (κ1) is 24.1. The number of nitrogens with zero attached hydrogens (tertiary/aromatic N) is 4. The minimum Gasteiger partial charge on any atom is -0.443 e. The molecule has 1 aliphatic rings. The lowest BCUT2D eigenvalue weighted by Crippen LogP contribution is -2.24. The minimum absolute atomic E-state index is 0.00678. The monoisotopic (exact) mass is 498 g/mol. The molecule has 1 aromatic heterocycles. The van der Waals surface area contributed by atoms with E-state index in [1.165, 1.54) is 0 Å². The highest BCUT2D eigenvalue weighted by Crippen LogP contribution is 2.71. The maximum Gasteiger partial charge on any atom is 0.218 e. The van der Waals surface area contributed by atoms with Gasteiger partial charge in [-0.1, -0.05) is 25.4 Å². The van der Waals surface area contributed by atoms with E-state index in [0.29, 0.717) is 45.2 Å². The summed E-state index contributed by atoms with van der Waals surface area (Å²) < 4.78 is 9.67. The number of rotatable bonds is 7. The number of hydrogen-bond acceptors (Lipinski definition) is 5. The molecule has 1 aliphatic carbocycles. The number of aliphatic imine (C=N–C) groups is 1. The second-order valence-electron chi connectivity index (χ2n) is 8.15. The van der Waals surface area contributed by atoms with Gasteiger partial charge >= 0.3 is 0 Å². The van der Waals surface area contributed by atoms with Crippen molar-refractivity contribution in [3.63, 3.8) is 0 Å². The Hall–Kier alpha value is -1.52. The molecule has 2 unspecified atom stereocenters. The van der Waals surface area contributed by atoms with Crippen LogP contribution in [0.15, 0.2) is 17.1 Å². The molecule has 1 heterocycles. The summed E-state index contributed by atoms with van der Waals surface area (Å²) in [5.41, 5.74) is 1.93. The average Bonchev–Trinajstić information content (AvgIpc) is 2.99. The fourth-order valence-electron chi connectivity index (χ4n) is 3.70. The number of halogens is 3. The Morgan fingerprint density at radius 1 is 1.42 bits per heavy atom. The normalized spacial score (nSPS) is 22.0. The van der Waals surface area contributed by atoms with Crippen LogP contribution in [0.25, 0.3) is 0 Å². The third kappa shape index (κ3) is 4.02. The number of alkyl halides is 2. The van der Waals surface area contributed by atoms with Gasteiger partial charge in [0.2, 0.25) is 5.06 Å². The highest BCUT2D eigenvalue weighted by Gasteiger charge is 2.75. The average molecular weight is 500 g/mol. The van der Waals surface area contributed by atoms with Crippen molar-refractivity contribution in [1.29, 1.82) is 5.26 Å². The molecule has 0 radical (unpaired) electrons. The molecule has 1 saturated carbocycles. The smallest absolute Gasteiger partial charge is 0.218 e. The third-order valence-electron chi connectivity index (χ3n) is 6.19. The molecule has 166 valence electrons. The molecule has 5 nitrogen and oxygen atoms in total. The van der Waals surface area contributed by atoms with Gasteiger partial charge in [0.25, 0.3) is 0 Å². The predicted octanol–water partition coefficient (Wildman–Crippen LogP) is 7.24. The maximum atomic E-state index is 9.84. The van der Waals surface area contributed by atoms with Crippen LogP contribution in [0.3, 0.4) is 0 Å². The summed E-state index contributed by atoms with van der Waals surface area (Å²) in [6.45, 7) is 10.0. The SMILES string of the molecule is CCC1(c2nsc(Oc3cc(Cl)c(N=CN(C)C(C)C)cc3C)c2C#N)C(C)C1(Cl)Cl. The maximum absolute atomic E-state index is 9.84. The van der Waals surface area contributed by atoms with E-state index in [1.54, 1.807) is 12.4 Å². The van der Waals surface area contributed by atoms with E-state index in [-0.39, 0.29) is 5.92 Å². The van der Waals surface area contributed by atoms with Crippen LogP contribution in [0.1, 0.15) is 50.9 Å². The van der Waals surface area contributed by atoms with E-state index >= 15 is 0 Å². The van der Waals surface area contributed by atoms with Gasteiger partial charge in [-0.15, -0.1) is 23.2 Å². The Bertz CT molecular complexity index is 1060. The van der Waals surface area contributed by atoms with Crippen LogP contribution in [0, 0.1) is 24.2 Å². The predicted molar refractivity (Wildman–Crippen MR) is 130 cm³/mol. The van der Waals surface area contributed by atoms with Crippen molar-refractivity contribution in [2.24, 2.45) is 10.9 Å². The largest absolute Gasteiger partial charge is 0.443 e. The molecule has 0 bridgehead atoms. The first-order chi connectivity index (χ1) is 14.5. The molecular formula is C22H25Cl3N4OS. The zero-order chi connectivity index (χ0) is 23.1. The van der Waals surface area contributed by atoms with Crippen LogP contribution < -0.4 is 4.74 Å². The van der Waals surface area contributed by atoms with Crippen molar-refractivity contribution >= 4 is 58.4 Å². The van der Waals surface area contributed by atoms with Crippen LogP contribution in [0.5, 0.6) is 10.8 Å². The highest BCUT2D eigenvalue weighted by molar-refractivity contribution is 7.08. The van der Waals surface area contributed by atoms with Crippen LogP contribution in [0.2, 0.25) is 5.02 Å². The Balaban J connectivity index is 1.92. The van der Waals surface area contributed by atoms with E-state index in [1.807, 2.05) is 38.8 Å². The number of nitriles is 1. The van der Waals surface area contributed by atoms with Crippen molar-refractivity contribution in [2.75, 3.05) is 7.05 Å². The Labute approximate surface area is 202 Å². The van der Waals surface area contributed by atoms with Gasteiger partial charge < -0.3 is 9.64 Å². The molecule has 0 amide bonds. The lowest BCUT2D eigenvalue weighted by atomic mass is 9.93. The number of aromatic nitrogens is 1. The molecule has 2 atom stereocenters. The van der Waals surface area contributed by atoms with E-state index in [4.69, 9.17) is 39.5 Å². The number of benzene rings is 1. The molecular weight excluding hydrogens is 475 g/mol. The first-order valence-electron chi connectivity index (χ1n) is 10.0. The third-order valence-corrected chi connectivity index (χ3v) is 8.55. The van der Waals surface area contributed by atoms with Crippen molar-refractivity contribution < 1.29 is 4.74 Å². The van der Waals surface area contributed by atoms with Gasteiger partial charge in [0.15, 0.2) is 0 Å². The standard InChI is InChI=1S/C22H25Cl3N4OS/c1-7-21(14(5)22(21,24)25)19-15(10-26)20(31-28-19)30-18-9-16(23)17(8-13(18)4)27-11-29(6)12(2)3/h8-9,11-12,14H,7H2,1-6H3. The molecule has 0 aliphatic heterocycles. The number of ether oxygens (including phenoxy) is 1. The zero-order valence-corrected chi connectivity index (χ0v) is 21.4. The van der Waals surface area contributed by atoms with Gasteiger partial charge in [-0.25, -0.2) is 4.99 Å². The van der Waals surface area contributed by atoms with Gasteiger partial charge in [0, 0.05) is 36.6 Å². The fraction of sp³-hybridized carbons (Fsp3) is 0.500. The molecule has 0 spiro atoms. The van der Waals surface area contributed by atoms with E-state index in [9.17, 15) is 5.26 Å². The van der Waals surface area contributed by atoms with E-state index in [0.717, 1.165) is 17.1 Å². The topological polar surface area (TPSA) is 61.5 Å². The van der Waals surface area contributed by atoms with Crippen molar-refractivity contribution in [3.05, 3.63) is 34.0 Å². The summed E-state index contributed by atoms with van der Waals surface area (Å²) in [6, 6.07) is 6.13. The quantitative estimate of drug-likeness (QED) is 0.229. The molecule has 1 fully saturated rings. The van der Waals surface area contributed by atoms with Crippen LogP contribution >= 0.6 is 46.3 Å². The minimum atomic E-state index is -0.944. The summed E-state index contributed by atoms with van der Waals surface area (Å²) in [5.74, 6) is 0.540. The summed E-state index contributed by atoms with van der Waals surface area (Å²) in [5, 5.41) is 10.7. The van der Waals surface area contributed by atoms with Crippen LogP contribution in [0.4, 0.5) is 5.69 Å². The second-order valence-corrected chi connectivity index (χ2v) is 10.7. The summed E-state index contributed by atoms with van der Waals surface area (Å²) in [4.78, 5) is 6.46. The molecule has 1 aromatic carbocycles. The summed E-state index contributed by atoms with van der Waals surface area (Å²) in [6.07, 6.45) is 2.43. The van der Waals surface area contributed by atoms with Gasteiger partial charge in [-0.2, -0.15) is 9.64 Å². The number of aryl methyl sites for hydroxylation is 1. The lowest BCUT2D eigenvalue weighted by Gasteiger charge is -2.17. The summed E-state index contributed by atoms with van der Waals surface area (Å²) in [7, 11) is 1.96. The molecule has 2 aromatic rings. The van der Waals surface area contributed by atoms with Gasteiger partial charge in [0.1, 0.15) is 21.7 Å². The Morgan fingerprint density at radius 2 is 2.06 bits per heavy atom. The van der Waals surface area contributed by atoms with E-state index in [2.05, 4.69) is 29.3 Å². The zero-order valence-electron chi connectivity index (χ0n) is 18.3. The molecule has 0 N–H and O–H groups in total. The van der Waals surface area contributed by atoms with Gasteiger partial charge in [-0.3, -0.25) is 0 Å². The van der Waals surface area contributed by atoms with E-state index < -0.39 is 9.75 Å². The second kappa shape index (κ2) is 8.78. The van der Waals surface area contributed by atoms with Crippen molar-refractivity contribution in [2.45, 2.75) is 56.8 Å². The van der Waals surface area contributed by atoms with Crippen LogP contribution in [-0.2, 0) is 5.41 Å². The van der Waals surface area contributed by atoms with Crippen molar-refractivity contribution in [1.82, 2.24) is 9.27 Å². The summed E-state index contributed by atoms with van der Waals surface area (Å²) >= 11 is 20.6. The fourth-order valence-corrected chi connectivity index (χ4v) is 5.73. The Morgan fingerprint density at radius 3 is 2.58 bits per heavy atom. The van der Waals surface area contributed by atoms with Crippen molar-refractivity contribution in [3.8, 4) is 16.9 Å². The van der Waals surface area contributed by atoms with Gasteiger partial charge in [0.05, 0.1) is 28.2 Å². The Kier molecular flexibility index (Phi) is 6.84.